The first kappa shape index (κ1) is 16.4. The number of hydrogen-bond donors (Lipinski definition) is 1. The molecule has 0 spiro atoms. The van der Waals surface area contributed by atoms with Gasteiger partial charge in [0.1, 0.15) is 0 Å². The van der Waals surface area contributed by atoms with Crippen LogP contribution in [0.25, 0.3) is 0 Å². The minimum absolute atomic E-state index is 0. The Hall–Kier alpha value is -0.0500. The Labute approximate surface area is 151 Å². The fourth-order valence-electron chi connectivity index (χ4n) is 6.42. The third-order valence-corrected chi connectivity index (χ3v) is 8.31. The molecule has 0 aromatic carbocycles. The van der Waals surface area contributed by atoms with Crippen molar-refractivity contribution in [3.8, 4) is 0 Å². The second-order valence-corrected chi connectivity index (χ2v) is 9.96. The molecule has 4 bridgehead atoms. The zero-order valence-corrected chi connectivity index (χ0v) is 15.9. The Morgan fingerprint density at radius 1 is 1.13 bits per heavy atom. The van der Waals surface area contributed by atoms with Crippen molar-refractivity contribution >= 4 is 23.7 Å². The molecule has 0 aliphatic heterocycles. The minimum Gasteiger partial charge on any atom is -0.309 e. The first-order valence-electron chi connectivity index (χ1n) is 9.51. The summed E-state index contributed by atoms with van der Waals surface area (Å²) in [7, 11) is 0. The van der Waals surface area contributed by atoms with E-state index in [0.717, 1.165) is 30.2 Å². The van der Waals surface area contributed by atoms with Crippen LogP contribution in [0, 0.1) is 23.2 Å². The van der Waals surface area contributed by atoms with Crippen molar-refractivity contribution in [2.45, 2.75) is 76.8 Å². The molecule has 1 aromatic heterocycles. The minimum atomic E-state index is 0. The summed E-state index contributed by atoms with van der Waals surface area (Å²) in [4.78, 5) is 1.62. The number of rotatable bonds is 5. The van der Waals surface area contributed by atoms with Gasteiger partial charge in [-0.1, -0.05) is 0 Å². The van der Waals surface area contributed by atoms with Crippen molar-refractivity contribution in [1.29, 1.82) is 0 Å². The standard InChI is InChI=1S/C20H29NS.ClH/c1-13(21-12-19-18(4-5-22-19)17-2-3-17)20-9-14-6-15(10-20)8-16(7-14)11-20;/h4-5,13-17,21H,2-3,6-12H2,1H3;1H. The van der Waals surface area contributed by atoms with Gasteiger partial charge < -0.3 is 5.32 Å². The van der Waals surface area contributed by atoms with Crippen LogP contribution in [0.5, 0.6) is 0 Å². The normalized spacial score (nSPS) is 39.3. The van der Waals surface area contributed by atoms with Gasteiger partial charge in [-0.05, 0) is 104 Å². The Kier molecular flexibility index (Phi) is 4.31. The van der Waals surface area contributed by atoms with Gasteiger partial charge in [0, 0.05) is 17.5 Å². The average molecular weight is 352 g/mol. The second-order valence-electron chi connectivity index (χ2n) is 8.96. The zero-order chi connectivity index (χ0) is 14.7. The SMILES string of the molecule is CC(NCc1sccc1C1CC1)C12CC3CC(CC(C3)C1)C2.Cl. The molecule has 5 saturated carbocycles. The number of halogens is 1. The highest BCUT2D eigenvalue weighted by Crippen LogP contribution is 2.61. The van der Waals surface area contributed by atoms with Crippen LogP contribution in [0.15, 0.2) is 11.4 Å². The highest BCUT2D eigenvalue weighted by atomic mass is 35.5. The van der Waals surface area contributed by atoms with E-state index in [1.165, 1.54) is 32.1 Å². The first-order chi connectivity index (χ1) is 10.7. The van der Waals surface area contributed by atoms with Crippen LogP contribution in [0.4, 0.5) is 0 Å². The topological polar surface area (TPSA) is 12.0 Å². The fraction of sp³-hybridized carbons (Fsp3) is 0.800. The lowest BCUT2D eigenvalue weighted by molar-refractivity contribution is -0.0706. The molecular weight excluding hydrogens is 322 g/mol. The van der Waals surface area contributed by atoms with Gasteiger partial charge in [-0.25, -0.2) is 0 Å². The van der Waals surface area contributed by atoms with Crippen LogP contribution in [0.3, 0.4) is 0 Å². The first-order valence-corrected chi connectivity index (χ1v) is 10.4. The highest BCUT2D eigenvalue weighted by Gasteiger charge is 2.52. The molecule has 0 radical (unpaired) electrons. The highest BCUT2D eigenvalue weighted by molar-refractivity contribution is 7.10. The predicted molar refractivity (Wildman–Crippen MR) is 100 cm³/mol. The van der Waals surface area contributed by atoms with E-state index in [1.54, 1.807) is 29.7 Å². The van der Waals surface area contributed by atoms with Crippen LogP contribution in [-0.2, 0) is 6.54 Å². The molecule has 0 amide bonds. The lowest BCUT2D eigenvalue weighted by Crippen LogP contribution is -2.54. The van der Waals surface area contributed by atoms with Crippen molar-refractivity contribution in [3.63, 3.8) is 0 Å². The molecule has 5 fully saturated rings. The van der Waals surface area contributed by atoms with Gasteiger partial charge in [-0.2, -0.15) is 0 Å². The summed E-state index contributed by atoms with van der Waals surface area (Å²) in [6.45, 7) is 3.62. The Morgan fingerprint density at radius 2 is 1.74 bits per heavy atom. The molecule has 3 heteroatoms. The van der Waals surface area contributed by atoms with Gasteiger partial charge in [0.25, 0.3) is 0 Å². The summed E-state index contributed by atoms with van der Waals surface area (Å²) < 4.78 is 0. The molecule has 128 valence electrons. The summed E-state index contributed by atoms with van der Waals surface area (Å²) in [5, 5.41) is 6.28. The predicted octanol–water partition coefficient (Wildman–Crippen LogP) is 5.74. The van der Waals surface area contributed by atoms with Crippen LogP contribution in [-0.4, -0.2) is 6.04 Å². The third-order valence-electron chi connectivity index (χ3n) is 7.37. The lowest BCUT2D eigenvalue weighted by Gasteiger charge is -2.59. The van der Waals surface area contributed by atoms with Gasteiger partial charge in [0.2, 0.25) is 0 Å². The van der Waals surface area contributed by atoms with Gasteiger partial charge in [-0.15, -0.1) is 23.7 Å². The zero-order valence-electron chi connectivity index (χ0n) is 14.2. The summed E-state index contributed by atoms with van der Waals surface area (Å²) in [6.07, 6.45) is 12.1. The molecule has 1 unspecified atom stereocenters. The quantitative estimate of drug-likeness (QED) is 0.713. The molecule has 1 aromatic rings. The molecule has 1 nitrogen and oxygen atoms in total. The largest absolute Gasteiger partial charge is 0.309 e. The smallest absolute Gasteiger partial charge is 0.0305 e. The maximum Gasteiger partial charge on any atom is 0.0305 e. The third kappa shape index (κ3) is 2.89. The maximum atomic E-state index is 3.98. The van der Waals surface area contributed by atoms with E-state index >= 15 is 0 Å². The van der Waals surface area contributed by atoms with Crippen molar-refractivity contribution < 1.29 is 0 Å². The molecule has 5 aliphatic carbocycles. The Morgan fingerprint density at radius 3 is 2.30 bits per heavy atom. The monoisotopic (exact) mass is 351 g/mol. The van der Waals surface area contributed by atoms with Crippen LogP contribution < -0.4 is 5.32 Å². The number of thiophene rings is 1. The summed E-state index contributed by atoms with van der Waals surface area (Å²) >= 11 is 1.97. The van der Waals surface area contributed by atoms with Crippen molar-refractivity contribution in [3.05, 3.63) is 21.9 Å². The van der Waals surface area contributed by atoms with Gasteiger partial charge in [-0.3, -0.25) is 0 Å². The molecule has 23 heavy (non-hydrogen) atoms. The van der Waals surface area contributed by atoms with Crippen molar-refractivity contribution in [1.82, 2.24) is 5.32 Å². The van der Waals surface area contributed by atoms with E-state index in [2.05, 4.69) is 23.7 Å². The van der Waals surface area contributed by atoms with Gasteiger partial charge in [0.05, 0.1) is 0 Å². The maximum absolute atomic E-state index is 3.98. The van der Waals surface area contributed by atoms with Gasteiger partial charge >= 0.3 is 0 Å². The number of nitrogens with one attached hydrogen (secondary N) is 1. The van der Waals surface area contributed by atoms with Crippen molar-refractivity contribution in [2.75, 3.05) is 0 Å². The molecule has 6 rings (SSSR count). The molecule has 1 atom stereocenters. The van der Waals surface area contributed by atoms with E-state index in [1.807, 2.05) is 11.3 Å². The summed E-state index contributed by atoms with van der Waals surface area (Å²) in [6, 6.07) is 3.09. The van der Waals surface area contributed by atoms with E-state index in [9.17, 15) is 0 Å². The van der Waals surface area contributed by atoms with Crippen LogP contribution in [0.1, 0.15) is 74.6 Å². The molecule has 5 aliphatic rings. The van der Waals surface area contributed by atoms with Crippen LogP contribution in [0.2, 0.25) is 0 Å². The molecule has 0 saturated heterocycles. The Balaban J connectivity index is 0.00000135. The van der Waals surface area contributed by atoms with Crippen molar-refractivity contribution in [2.24, 2.45) is 23.2 Å². The van der Waals surface area contributed by atoms with E-state index in [4.69, 9.17) is 0 Å². The molecular formula is C20H30ClNS. The lowest BCUT2D eigenvalue weighted by atomic mass is 9.48. The average Bonchev–Trinajstić information content (AvgIpc) is 3.22. The van der Waals surface area contributed by atoms with E-state index < -0.39 is 0 Å². The fourth-order valence-corrected chi connectivity index (χ4v) is 7.34. The van der Waals surface area contributed by atoms with E-state index in [0.29, 0.717) is 11.5 Å². The second kappa shape index (κ2) is 6.04. The van der Waals surface area contributed by atoms with Gasteiger partial charge in [0.15, 0.2) is 0 Å². The number of hydrogen-bond acceptors (Lipinski definition) is 2. The summed E-state index contributed by atoms with van der Waals surface area (Å²) in [5.74, 6) is 4.11. The Bertz CT molecular complexity index is 526. The summed E-state index contributed by atoms with van der Waals surface area (Å²) in [5.41, 5.74) is 2.31. The molecule has 1 N–H and O–H groups in total. The van der Waals surface area contributed by atoms with E-state index in [-0.39, 0.29) is 12.4 Å². The van der Waals surface area contributed by atoms with Crippen LogP contribution >= 0.6 is 23.7 Å². The molecule has 1 heterocycles.